The molecule has 31 heavy (non-hydrogen) atoms. The Labute approximate surface area is 175 Å². The summed E-state index contributed by atoms with van der Waals surface area (Å²) < 4.78 is 42.0. The quantitative estimate of drug-likeness (QED) is 0.524. The summed E-state index contributed by atoms with van der Waals surface area (Å²) in [5, 5.41) is 15.1. The number of fused-ring (bicyclic) bond motifs is 1. The van der Waals surface area contributed by atoms with Crippen LogP contribution in [0.4, 0.5) is 13.2 Å². The lowest BCUT2D eigenvalue weighted by Gasteiger charge is -2.15. The van der Waals surface area contributed by atoms with Crippen LogP contribution in [0.1, 0.15) is 29.8 Å². The summed E-state index contributed by atoms with van der Waals surface area (Å²) in [7, 11) is 0. The average molecular weight is 428 g/mol. The van der Waals surface area contributed by atoms with Gasteiger partial charge in [0.25, 0.3) is 0 Å². The molecule has 10 heteroatoms. The van der Waals surface area contributed by atoms with Crippen molar-refractivity contribution in [3.05, 3.63) is 71.5 Å². The van der Waals surface area contributed by atoms with E-state index in [1.165, 1.54) is 15.4 Å². The highest BCUT2D eigenvalue weighted by molar-refractivity contribution is 5.80. The number of rotatable bonds is 5. The topological polar surface area (TPSA) is 77.6 Å². The van der Waals surface area contributed by atoms with E-state index < -0.39 is 17.8 Å². The molecule has 0 bridgehead atoms. The zero-order chi connectivity index (χ0) is 22.2. The summed E-state index contributed by atoms with van der Waals surface area (Å²) >= 11 is 0. The van der Waals surface area contributed by atoms with Gasteiger partial charge in [0, 0.05) is 11.3 Å². The van der Waals surface area contributed by atoms with E-state index in [1.807, 2.05) is 24.3 Å². The molecule has 1 atom stereocenters. The Morgan fingerprint density at radius 1 is 1.16 bits per heavy atom. The van der Waals surface area contributed by atoms with Crippen molar-refractivity contribution in [3.63, 3.8) is 0 Å². The number of para-hydroxylation sites is 1. The van der Waals surface area contributed by atoms with Crippen molar-refractivity contribution in [1.82, 2.24) is 30.1 Å². The van der Waals surface area contributed by atoms with Crippen molar-refractivity contribution in [2.45, 2.75) is 32.6 Å². The molecule has 0 saturated heterocycles. The number of nitrogens with one attached hydrogen (secondary N) is 1. The Hall–Kier alpha value is -3.69. The highest BCUT2D eigenvalue weighted by Gasteiger charge is 2.30. The normalized spacial score (nSPS) is 12.8. The lowest BCUT2D eigenvalue weighted by atomic mass is 10.1. The second-order valence-corrected chi connectivity index (χ2v) is 7.17. The summed E-state index contributed by atoms with van der Waals surface area (Å²) in [6.07, 6.45) is -2.89. The lowest BCUT2D eigenvalue weighted by Crippen LogP contribution is -2.30. The van der Waals surface area contributed by atoms with Gasteiger partial charge in [0.2, 0.25) is 5.91 Å². The molecule has 1 N–H and O–H groups in total. The summed E-state index contributed by atoms with van der Waals surface area (Å²) in [5.74, 6) is -0.269. The molecule has 4 aromatic rings. The third-order valence-corrected chi connectivity index (χ3v) is 5.02. The van der Waals surface area contributed by atoms with Crippen LogP contribution in [0.2, 0.25) is 0 Å². The van der Waals surface area contributed by atoms with Crippen LogP contribution in [0.3, 0.4) is 0 Å². The molecule has 4 rings (SSSR count). The van der Waals surface area contributed by atoms with Gasteiger partial charge in [0.15, 0.2) is 0 Å². The first kappa shape index (κ1) is 20.6. The zero-order valence-electron chi connectivity index (χ0n) is 16.8. The zero-order valence-corrected chi connectivity index (χ0v) is 16.8. The van der Waals surface area contributed by atoms with E-state index in [0.717, 1.165) is 17.6 Å². The molecule has 2 heterocycles. The molecule has 0 fully saturated rings. The minimum atomic E-state index is -4.44. The number of carbonyl (C=O) groups excluding carboxylic acids is 1. The Morgan fingerprint density at radius 3 is 2.71 bits per heavy atom. The van der Waals surface area contributed by atoms with E-state index in [4.69, 9.17) is 0 Å². The van der Waals surface area contributed by atoms with E-state index in [2.05, 4.69) is 20.7 Å². The van der Waals surface area contributed by atoms with Gasteiger partial charge in [-0.1, -0.05) is 23.4 Å². The molecule has 2 aromatic carbocycles. The second-order valence-electron chi connectivity index (χ2n) is 7.17. The largest absolute Gasteiger partial charge is 0.416 e. The molecule has 0 aliphatic rings. The van der Waals surface area contributed by atoms with Gasteiger partial charge in [0.05, 0.1) is 29.0 Å². The third kappa shape index (κ3) is 4.14. The first-order valence-electron chi connectivity index (χ1n) is 9.54. The van der Waals surface area contributed by atoms with Crippen LogP contribution in [-0.2, 0) is 17.5 Å². The fraction of sp³-hybridized carbons (Fsp3) is 0.238. The van der Waals surface area contributed by atoms with Crippen LogP contribution in [0.15, 0.2) is 54.7 Å². The van der Waals surface area contributed by atoms with E-state index in [1.54, 1.807) is 26.1 Å². The molecule has 0 radical (unpaired) electrons. The minimum Gasteiger partial charge on any atom is -0.348 e. The van der Waals surface area contributed by atoms with Gasteiger partial charge < -0.3 is 5.32 Å². The Balaban J connectivity index is 1.50. The fourth-order valence-electron chi connectivity index (χ4n) is 3.46. The maximum absolute atomic E-state index is 13.0. The van der Waals surface area contributed by atoms with Crippen LogP contribution in [0.25, 0.3) is 16.7 Å². The SMILES string of the molecule is Cc1c([C@H](C)NC(=O)Cn2nnc3ccccc32)cnn1-c1cccc(C(F)(F)F)c1. The Bertz CT molecular complexity index is 1240. The summed E-state index contributed by atoms with van der Waals surface area (Å²) in [6.45, 7) is 3.53. The summed E-state index contributed by atoms with van der Waals surface area (Å²) in [4.78, 5) is 12.5. The first-order chi connectivity index (χ1) is 14.7. The molecular weight excluding hydrogens is 409 g/mol. The van der Waals surface area contributed by atoms with Crippen molar-refractivity contribution >= 4 is 16.9 Å². The third-order valence-electron chi connectivity index (χ3n) is 5.02. The van der Waals surface area contributed by atoms with Gasteiger partial charge in [-0.15, -0.1) is 5.10 Å². The number of alkyl halides is 3. The van der Waals surface area contributed by atoms with Gasteiger partial charge in [-0.05, 0) is 44.2 Å². The molecule has 0 unspecified atom stereocenters. The molecule has 1 amide bonds. The molecule has 0 spiro atoms. The highest BCUT2D eigenvalue weighted by atomic mass is 19.4. The smallest absolute Gasteiger partial charge is 0.348 e. The highest BCUT2D eigenvalue weighted by Crippen LogP contribution is 2.31. The van der Waals surface area contributed by atoms with E-state index in [-0.39, 0.29) is 12.5 Å². The lowest BCUT2D eigenvalue weighted by molar-refractivity contribution is -0.137. The van der Waals surface area contributed by atoms with E-state index >= 15 is 0 Å². The van der Waals surface area contributed by atoms with Gasteiger partial charge in [-0.2, -0.15) is 18.3 Å². The van der Waals surface area contributed by atoms with Crippen LogP contribution in [-0.4, -0.2) is 30.7 Å². The molecule has 7 nitrogen and oxygen atoms in total. The number of benzene rings is 2. The fourth-order valence-corrected chi connectivity index (χ4v) is 3.46. The Kier molecular flexibility index (Phi) is 5.22. The average Bonchev–Trinajstić information content (AvgIpc) is 3.31. The van der Waals surface area contributed by atoms with Crippen molar-refractivity contribution in [3.8, 4) is 5.69 Å². The van der Waals surface area contributed by atoms with Crippen LogP contribution in [0, 0.1) is 6.92 Å². The van der Waals surface area contributed by atoms with Crippen molar-refractivity contribution in [2.75, 3.05) is 0 Å². The molecule has 2 aromatic heterocycles. The Morgan fingerprint density at radius 2 is 1.94 bits per heavy atom. The van der Waals surface area contributed by atoms with Crippen molar-refractivity contribution < 1.29 is 18.0 Å². The number of carbonyl (C=O) groups is 1. The predicted octanol–water partition coefficient (Wildman–Crippen LogP) is 3.82. The second kappa shape index (κ2) is 7.86. The predicted molar refractivity (Wildman–Crippen MR) is 107 cm³/mol. The number of hydrogen-bond donors (Lipinski definition) is 1. The standard InChI is InChI=1S/C21H19F3N6O/c1-13(26-20(31)12-29-19-9-4-3-8-18(19)27-28-29)17-11-25-30(14(17)2)16-7-5-6-15(10-16)21(22,23)24/h3-11,13H,12H2,1-2H3,(H,26,31)/t13-/m0/s1. The first-order valence-corrected chi connectivity index (χ1v) is 9.54. The maximum Gasteiger partial charge on any atom is 0.416 e. The van der Waals surface area contributed by atoms with Gasteiger partial charge in [-0.25, -0.2) is 9.36 Å². The van der Waals surface area contributed by atoms with Gasteiger partial charge in [0.1, 0.15) is 12.1 Å². The number of nitrogens with zero attached hydrogens (tertiary/aromatic N) is 5. The minimum absolute atomic E-state index is 0.00827. The van der Waals surface area contributed by atoms with Gasteiger partial charge in [-0.3, -0.25) is 4.79 Å². The van der Waals surface area contributed by atoms with E-state index in [9.17, 15) is 18.0 Å². The number of amides is 1. The van der Waals surface area contributed by atoms with Gasteiger partial charge >= 0.3 is 6.18 Å². The van der Waals surface area contributed by atoms with Crippen molar-refractivity contribution in [1.29, 1.82) is 0 Å². The van der Waals surface area contributed by atoms with Crippen LogP contribution in [0.5, 0.6) is 0 Å². The molecule has 160 valence electrons. The molecular formula is C21H19F3N6O. The molecule has 0 aliphatic carbocycles. The monoisotopic (exact) mass is 428 g/mol. The van der Waals surface area contributed by atoms with Crippen LogP contribution >= 0.6 is 0 Å². The van der Waals surface area contributed by atoms with E-state index in [0.29, 0.717) is 22.5 Å². The molecule has 0 saturated carbocycles. The number of hydrogen-bond acceptors (Lipinski definition) is 4. The summed E-state index contributed by atoms with van der Waals surface area (Å²) in [5.41, 5.74) is 2.34. The van der Waals surface area contributed by atoms with Crippen molar-refractivity contribution in [2.24, 2.45) is 0 Å². The van der Waals surface area contributed by atoms with Crippen LogP contribution < -0.4 is 5.32 Å². The number of aromatic nitrogens is 5. The summed E-state index contributed by atoms with van der Waals surface area (Å²) in [6, 6.07) is 11.9. The molecule has 0 aliphatic heterocycles. The number of halogens is 3. The maximum atomic E-state index is 13.0.